The summed E-state index contributed by atoms with van der Waals surface area (Å²) in [6, 6.07) is 12.8. The fraction of sp³-hybridized carbons (Fsp3) is 0.200. The van der Waals surface area contributed by atoms with Crippen LogP contribution in [0, 0.1) is 0 Å². The highest BCUT2D eigenvalue weighted by Gasteiger charge is 2.14. The second kappa shape index (κ2) is 7.45. The Morgan fingerprint density at radius 2 is 2.00 bits per heavy atom. The molecule has 1 aromatic carbocycles. The monoisotopic (exact) mass is 289 g/mol. The lowest BCUT2D eigenvalue weighted by Crippen LogP contribution is -2.20. The third kappa shape index (κ3) is 4.20. The minimum absolute atomic E-state index is 0.0467. The van der Waals surface area contributed by atoms with E-state index in [0.29, 0.717) is 12.2 Å². The van der Waals surface area contributed by atoms with Crippen LogP contribution in [-0.2, 0) is 11.2 Å². The second-order valence-corrected chi connectivity index (χ2v) is 5.21. The van der Waals surface area contributed by atoms with E-state index in [1.807, 2.05) is 23.6 Å². The molecule has 1 aromatic heterocycles. The minimum Gasteiger partial charge on any atom is -0.422 e. The van der Waals surface area contributed by atoms with E-state index < -0.39 is 5.97 Å². The van der Waals surface area contributed by atoms with E-state index in [4.69, 9.17) is 9.94 Å². The van der Waals surface area contributed by atoms with Gasteiger partial charge in [0, 0.05) is 11.3 Å². The number of para-hydroxylation sites is 1. The van der Waals surface area contributed by atoms with Gasteiger partial charge in [0.05, 0.1) is 0 Å². The van der Waals surface area contributed by atoms with Gasteiger partial charge in [-0.1, -0.05) is 29.4 Å². The summed E-state index contributed by atoms with van der Waals surface area (Å²) in [7, 11) is 0. The van der Waals surface area contributed by atoms with E-state index in [1.54, 1.807) is 35.6 Å². The Morgan fingerprint density at radius 1 is 1.20 bits per heavy atom. The van der Waals surface area contributed by atoms with Gasteiger partial charge in [-0.25, -0.2) is 4.79 Å². The van der Waals surface area contributed by atoms with Crippen LogP contribution in [0.25, 0.3) is 0 Å². The first-order valence-corrected chi connectivity index (χ1v) is 7.18. The van der Waals surface area contributed by atoms with Crippen molar-refractivity contribution >= 4 is 23.0 Å². The van der Waals surface area contributed by atoms with Gasteiger partial charge in [-0.15, -0.1) is 11.3 Å². The molecule has 0 amide bonds. The number of rotatable bonds is 6. The van der Waals surface area contributed by atoms with Crippen molar-refractivity contribution in [3.8, 4) is 5.75 Å². The highest BCUT2D eigenvalue weighted by atomic mass is 32.1. The molecule has 0 fully saturated rings. The van der Waals surface area contributed by atoms with Gasteiger partial charge in [0.15, 0.2) is 5.71 Å². The number of carbonyl (C=O) groups excluding carboxylic acids is 1. The molecule has 0 atom stereocenters. The van der Waals surface area contributed by atoms with E-state index in [0.717, 1.165) is 12.8 Å². The number of ether oxygens (including phenoxy) is 1. The van der Waals surface area contributed by atoms with Gasteiger partial charge in [-0.2, -0.15) is 0 Å². The molecule has 0 aliphatic heterocycles. The maximum absolute atomic E-state index is 11.8. The molecule has 0 bridgehead atoms. The molecular formula is C15H15NO3S. The molecule has 0 aliphatic carbocycles. The number of nitrogens with zero attached hydrogens (tertiary/aromatic N) is 1. The number of thiophene rings is 1. The first-order valence-electron chi connectivity index (χ1n) is 6.30. The molecule has 0 saturated heterocycles. The highest BCUT2D eigenvalue weighted by Crippen LogP contribution is 2.13. The molecule has 2 rings (SSSR count). The molecule has 0 aliphatic rings. The maximum atomic E-state index is 11.8. The van der Waals surface area contributed by atoms with Gasteiger partial charge in [0.25, 0.3) is 0 Å². The van der Waals surface area contributed by atoms with E-state index in [9.17, 15) is 4.79 Å². The van der Waals surface area contributed by atoms with Crippen LogP contribution in [0.2, 0.25) is 0 Å². The SMILES string of the molecule is O=C(Oc1ccccc1)/C(CCCc1cccs1)=N\O. The lowest BCUT2D eigenvalue weighted by molar-refractivity contribution is -0.127. The second-order valence-electron chi connectivity index (χ2n) is 4.18. The van der Waals surface area contributed by atoms with Crippen molar-refractivity contribution < 1.29 is 14.7 Å². The molecule has 0 spiro atoms. The topological polar surface area (TPSA) is 58.9 Å². The molecule has 104 valence electrons. The fourth-order valence-corrected chi connectivity index (χ4v) is 2.48. The van der Waals surface area contributed by atoms with Gasteiger partial charge in [-0.3, -0.25) is 0 Å². The Balaban J connectivity index is 1.83. The number of carbonyl (C=O) groups is 1. The van der Waals surface area contributed by atoms with Crippen LogP contribution in [0.4, 0.5) is 0 Å². The highest BCUT2D eigenvalue weighted by molar-refractivity contribution is 7.09. The molecule has 1 heterocycles. The van der Waals surface area contributed by atoms with Gasteiger partial charge in [0.1, 0.15) is 5.75 Å². The third-order valence-corrected chi connectivity index (χ3v) is 3.66. The molecule has 0 saturated carbocycles. The third-order valence-electron chi connectivity index (χ3n) is 2.73. The van der Waals surface area contributed by atoms with Crippen LogP contribution < -0.4 is 4.74 Å². The summed E-state index contributed by atoms with van der Waals surface area (Å²) < 4.78 is 5.13. The molecule has 5 heteroatoms. The minimum atomic E-state index is -0.607. The first-order chi connectivity index (χ1) is 9.79. The number of oxime groups is 1. The summed E-state index contributed by atoms with van der Waals surface area (Å²) in [6.07, 6.45) is 1.99. The van der Waals surface area contributed by atoms with Crippen molar-refractivity contribution in [3.63, 3.8) is 0 Å². The quantitative estimate of drug-likeness (QED) is 0.291. The van der Waals surface area contributed by atoms with Crippen molar-refractivity contribution in [2.45, 2.75) is 19.3 Å². The summed E-state index contributed by atoms with van der Waals surface area (Å²) in [5.74, 6) is -0.165. The summed E-state index contributed by atoms with van der Waals surface area (Å²) >= 11 is 1.67. The smallest absolute Gasteiger partial charge is 0.361 e. The van der Waals surface area contributed by atoms with Crippen molar-refractivity contribution in [3.05, 3.63) is 52.7 Å². The van der Waals surface area contributed by atoms with Gasteiger partial charge in [0.2, 0.25) is 0 Å². The molecule has 20 heavy (non-hydrogen) atoms. The van der Waals surface area contributed by atoms with Crippen LogP contribution in [0.15, 0.2) is 53.0 Å². The van der Waals surface area contributed by atoms with Gasteiger partial charge in [-0.05, 0) is 36.4 Å². The van der Waals surface area contributed by atoms with Gasteiger partial charge < -0.3 is 9.94 Å². The van der Waals surface area contributed by atoms with Crippen LogP contribution in [0.3, 0.4) is 0 Å². The first kappa shape index (κ1) is 14.3. The van der Waals surface area contributed by atoms with E-state index in [-0.39, 0.29) is 5.71 Å². The molecule has 0 radical (unpaired) electrons. The molecule has 0 unspecified atom stereocenters. The predicted molar refractivity (Wildman–Crippen MR) is 78.6 cm³/mol. The standard InChI is InChI=1S/C15H15NO3S/c17-15(19-12-6-2-1-3-7-12)14(16-18)10-4-8-13-9-5-11-20-13/h1-3,5-7,9,11,18H,4,8,10H2/b16-14-. The Labute approximate surface area is 121 Å². The van der Waals surface area contributed by atoms with Crippen LogP contribution in [0.5, 0.6) is 5.75 Å². The van der Waals surface area contributed by atoms with Crippen molar-refractivity contribution in [1.82, 2.24) is 0 Å². The van der Waals surface area contributed by atoms with Crippen LogP contribution in [0.1, 0.15) is 17.7 Å². The zero-order chi connectivity index (χ0) is 14.2. The fourth-order valence-electron chi connectivity index (χ4n) is 1.73. The summed E-state index contributed by atoms with van der Waals surface area (Å²) in [5, 5.41) is 14.0. The Morgan fingerprint density at radius 3 is 2.65 bits per heavy atom. The van der Waals surface area contributed by atoms with Crippen LogP contribution in [-0.4, -0.2) is 16.9 Å². The lowest BCUT2D eigenvalue weighted by atomic mass is 10.1. The average Bonchev–Trinajstić information content (AvgIpc) is 2.98. The maximum Gasteiger partial charge on any atom is 0.361 e. The number of hydrogen-bond donors (Lipinski definition) is 1. The number of hydrogen-bond acceptors (Lipinski definition) is 5. The zero-order valence-corrected chi connectivity index (χ0v) is 11.7. The predicted octanol–water partition coefficient (Wildman–Crippen LogP) is 3.51. The molecule has 1 N–H and O–H groups in total. The number of benzene rings is 1. The largest absolute Gasteiger partial charge is 0.422 e. The molecule has 2 aromatic rings. The zero-order valence-electron chi connectivity index (χ0n) is 10.9. The summed E-state index contributed by atoms with van der Waals surface area (Å²) in [4.78, 5) is 13.1. The number of aryl methyl sites for hydroxylation is 1. The Hall–Kier alpha value is -2.14. The van der Waals surface area contributed by atoms with E-state index >= 15 is 0 Å². The Kier molecular flexibility index (Phi) is 5.32. The summed E-state index contributed by atoms with van der Waals surface area (Å²) in [5.41, 5.74) is 0.0467. The summed E-state index contributed by atoms with van der Waals surface area (Å²) in [6.45, 7) is 0. The normalized spacial score (nSPS) is 11.3. The van der Waals surface area contributed by atoms with E-state index in [1.165, 1.54) is 4.88 Å². The van der Waals surface area contributed by atoms with Crippen molar-refractivity contribution in [1.29, 1.82) is 0 Å². The lowest BCUT2D eigenvalue weighted by Gasteiger charge is -2.05. The average molecular weight is 289 g/mol. The van der Waals surface area contributed by atoms with Gasteiger partial charge >= 0.3 is 5.97 Å². The van der Waals surface area contributed by atoms with Crippen molar-refractivity contribution in [2.75, 3.05) is 0 Å². The molecular weight excluding hydrogens is 274 g/mol. The van der Waals surface area contributed by atoms with Crippen LogP contribution >= 0.6 is 11.3 Å². The number of esters is 1. The Bertz CT molecular complexity index is 564. The van der Waals surface area contributed by atoms with Crippen molar-refractivity contribution in [2.24, 2.45) is 5.16 Å². The molecule has 4 nitrogen and oxygen atoms in total. The van der Waals surface area contributed by atoms with E-state index in [2.05, 4.69) is 5.16 Å².